The van der Waals surface area contributed by atoms with Crippen molar-refractivity contribution in [1.82, 2.24) is 5.32 Å². The second-order valence-electron chi connectivity index (χ2n) is 3.83. The zero-order valence-electron chi connectivity index (χ0n) is 9.41. The third kappa shape index (κ3) is 3.29. The lowest BCUT2D eigenvalue weighted by Crippen LogP contribution is -2.18. The molecular formula is C13H13FINO. The topological polar surface area (TPSA) is 25.2 Å². The lowest BCUT2D eigenvalue weighted by molar-refractivity contribution is 0.439. The van der Waals surface area contributed by atoms with E-state index in [1.807, 2.05) is 25.1 Å². The van der Waals surface area contributed by atoms with Gasteiger partial charge in [-0.05, 0) is 47.7 Å². The average molecular weight is 345 g/mol. The highest BCUT2D eigenvalue weighted by molar-refractivity contribution is 14.1. The van der Waals surface area contributed by atoms with E-state index in [9.17, 15) is 4.39 Å². The molecule has 0 aliphatic heterocycles. The van der Waals surface area contributed by atoms with E-state index in [0.717, 1.165) is 9.53 Å². The van der Waals surface area contributed by atoms with Crippen LogP contribution in [0.15, 0.2) is 40.8 Å². The number of halogens is 2. The first kappa shape index (κ1) is 12.6. The van der Waals surface area contributed by atoms with Crippen LogP contribution in [0.1, 0.15) is 24.3 Å². The Morgan fingerprint density at radius 3 is 2.71 bits per heavy atom. The van der Waals surface area contributed by atoms with E-state index in [0.29, 0.717) is 12.1 Å². The van der Waals surface area contributed by atoms with Gasteiger partial charge >= 0.3 is 0 Å². The van der Waals surface area contributed by atoms with Gasteiger partial charge in [-0.1, -0.05) is 18.2 Å². The summed E-state index contributed by atoms with van der Waals surface area (Å²) < 4.78 is 19.8. The molecule has 2 nitrogen and oxygen atoms in total. The fourth-order valence-corrected chi connectivity index (χ4v) is 2.10. The molecule has 0 spiro atoms. The van der Waals surface area contributed by atoms with Crippen LogP contribution in [0.5, 0.6) is 0 Å². The van der Waals surface area contributed by atoms with E-state index < -0.39 is 0 Å². The van der Waals surface area contributed by atoms with Crippen molar-refractivity contribution in [3.05, 3.63) is 57.3 Å². The second kappa shape index (κ2) is 5.64. The smallest absolute Gasteiger partial charge is 0.164 e. The van der Waals surface area contributed by atoms with Gasteiger partial charge < -0.3 is 9.73 Å². The van der Waals surface area contributed by atoms with Crippen LogP contribution in [-0.2, 0) is 6.54 Å². The molecule has 0 saturated carbocycles. The third-order valence-corrected chi connectivity index (χ3v) is 3.16. The van der Waals surface area contributed by atoms with Crippen molar-refractivity contribution in [1.29, 1.82) is 0 Å². The molecule has 2 rings (SSSR count). The van der Waals surface area contributed by atoms with Crippen LogP contribution in [-0.4, -0.2) is 0 Å². The van der Waals surface area contributed by atoms with Gasteiger partial charge in [0.15, 0.2) is 3.77 Å². The minimum absolute atomic E-state index is 0.0426. The highest BCUT2D eigenvalue weighted by Crippen LogP contribution is 2.17. The van der Waals surface area contributed by atoms with E-state index in [4.69, 9.17) is 4.42 Å². The summed E-state index contributed by atoms with van der Waals surface area (Å²) in [5.74, 6) is 0.680. The maximum absolute atomic E-state index is 13.5. The molecule has 1 atom stereocenters. The molecule has 1 unspecified atom stereocenters. The molecule has 1 heterocycles. The average Bonchev–Trinajstić information content (AvgIpc) is 2.73. The van der Waals surface area contributed by atoms with E-state index in [-0.39, 0.29) is 11.9 Å². The molecule has 2 aromatic rings. The van der Waals surface area contributed by atoms with E-state index >= 15 is 0 Å². The molecule has 0 bridgehead atoms. The molecule has 0 amide bonds. The third-order valence-electron chi connectivity index (χ3n) is 2.58. The van der Waals surface area contributed by atoms with Crippen molar-refractivity contribution in [2.24, 2.45) is 0 Å². The first-order valence-corrected chi connectivity index (χ1v) is 6.46. The van der Waals surface area contributed by atoms with E-state index in [1.54, 1.807) is 12.1 Å². The summed E-state index contributed by atoms with van der Waals surface area (Å²) in [4.78, 5) is 0. The van der Waals surface area contributed by atoms with Gasteiger partial charge in [0.25, 0.3) is 0 Å². The standard InChI is InChI=1S/C13H13FINO/c1-9(11-4-2-3-5-12(11)14)16-8-10-6-7-13(15)17-10/h2-7,9,16H,8H2,1H3. The number of hydrogen-bond donors (Lipinski definition) is 1. The molecular weight excluding hydrogens is 332 g/mol. The number of hydrogen-bond acceptors (Lipinski definition) is 2. The van der Waals surface area contributed by atoms with Crippen LogP contribution in [0, 0.1) is 9.58 Å². The van der Waals surface area contributed by atoms with E-state index in [1.165, 1.54) is 6.07 Å². The maximum Gasteiger partial charge on any atom is 0.164 e. The maximum atomic E-state index is 13.5. The van der Waals surface area contributed by atoms with Crippen molar-refractivity contribution >= 4 is 22.6 Å². The summed E-state index contributed by atoms with van der Waals surface area (Å²) in [5, 5.41) is 3.23. The van der Waals surface area contributed by atoms with Gasteiger partial charge in [-0.3, -0.25) is 0 Å². The fourth-order valence-electron chi connectivity index (χ4n) is 1.64. The lowest BCUT2D eigenvalue weighted by atomic mass is 10.1. The van der Waals surface area contributed by atoms with Gasteiger partial charge in [0, 0.05) is 11.6 Å². The Kier molecular flexibility index (Phi) is 4.17. The second-order valence-corrected chi connectivity index (χ2v) is 4.89. The highest BCUT2D eigenvalue weighted by atomic mass is 127. The summed E-state index contributed by atoms with van der Waals surface area (Å²) in [5.41, 5.74) is 0.675. The van der Waals surface area contributed by atoms with Crippen LogP contribution < -0.4 is 5.32 Å². The summed E-state index contributed by atoms with van der Waals surface area (Å²) in [7, 11) is 0. The zero-order chi connectivity index (χ0) is 12.3. The quantitative estimate of drug-likeness (QED) is 0.851. The first-order valence-electron chi connectivity index (χ1n) is 5.39. The van der Waals surface area contributed by atoms with Crippen molar-refractivity contribution in [2.45, 2.75) is 19.5 Å². The highest BCUT2D eigenvalue weighted by Gasteiger charge is 2.10. The van der Waals surface area contributed by atoms with Gasteiger partial charge in [-0.25, -0.2) is 4.39 Å². The van der Waals surface area contributed by atoms with Gasteiger partial charge in [-0.2, -0.15) is 0 Å². The molecule has 0 radical (unpaired) electrons. The van der Waals surface area contributed by atoms with Crippen molar-refractivity contribution in [3.8, 4) is 0 Å². The Hall–Kier alpha value is -0.880. The van der Waals surface area contributed by atoms with Gasteiger partial charge in [0.2, 0.25) is 0 Å². The number of nitrogens with one attached hydrogen (secondary N) is 1. The Bertz CT molecular complexity index is 498. The van der Waals surface area contributed by atoms with Gasteiger partial charge in [0.1, 0.15) is 11.6 Å². The zero-order valence-corrected chi connectivity index (χ0v) is 11.6. The molecule has 0 aliphatic carbocycles. The minimum Gasteiger partial charge on any atom is -0.454 e. The molecule has 0 fully saturated rings. The van der Waals surface area contributed by atoms with Crippen LogP contribution in [0.4, 0.5) is 4.39 Å². The number of furan rings is 1. The molecule has 1 aromatic carbocycles. The van der Waals surface area contributed by atoms with Crippen molar-refractivity contribution < 1.29 is 8.81 Å². The van der Waals surface area contributed by atoms with Crippen LogP contribution in [0.2, 0.25) is 0 Å². The van der Waals surface area contributed by atoms with Crippen LogP contribution >= 0.6 is 22.6 Å². The Balaban J connectivity index is 1.98. The number of benzene rings is 1. The Morgan fingerprint density at radius 2 is 2.06 bits per heavy atom. The van der Waals surface area contributed by atoms with Gasteiger partial charge in [0.05, 0.1) is 6.54 Å². The minimum atomic E-state index is -0.179. The summed E-state index contributed by atoms with van der Waals surface area (Å²) >= 11 is 2.12. The number of rotatable bonds is 4. The van der Waals surface area contributed by atoms with Crippen LogP contribution in [0.3, 0.4) is 0 Å². The van der Waals surface area contributed by atoms with Crippen LogP contribution in [0.25, 0.3) is 0 Å². The summed E-state index contributed by atoms with van der Waals surface area (Å²) in [6.45, 7) is 2.53. The molecule has 1 aromatic heterocycles. The van der Waals surface area contributed by atoms with Crippen molar-refractivity contribution in [3.63, 3.8) is 0 Å². The SMILES string of the molecule is CC(NCc1ccc(I)o1)c1ccccc1F. The molecule has 4 heteroatoms. The molecule has 1 N–H and O–H groups in total. The Labute approximate surface area is 113 Å². The molecule has 0 aliphatic rings. The fraction of sp³-hybridized carbons (Fsp3) is 0.231. The van der Waals surface area contributed by atoms with Crippen molar-refractivity contribution in [2.75, 3.05) is 0 Å². The normalized spacial score (nSPS) is 12.6. The van der Waals surface area contributed by atoms with E-state index in [2.05, 4.69) is 27.9 Å². The largest absolute Gasteiger partial charge is 0.454 e. The summed E-state index contributed by atoms with van der Waals surface area (Å²) in [6.07, 6.45) is 0. The predicted molar refractivity (Wildman–Crippen MR) is 73.1 cm³/mol. The monoisotopic (exact) mass is 345 g/mol. The molecule has 17 heavy (non-hydrogen) atoms. The summed E-state index contributed by atoms with van der Waals surface area (Å²) in [6, 6.07) is 10.6. The first-order chi connectivity index (χ1) is 8.16. The molecule has 90 valence electrons. The Morgan fingerprint density at radius 1 is 1.29 bits per heavy atom. The molecule has 0 saturated heterocycles. The lowest BCUT2D eigenvalue weighted by Gasteiger charge is -2.13. The van der Waals surface area contributed by atoms with Gasteiger partial charge in [-0.15, -0.1) is 0 Å². The predicted octanol–water partition coefficient (Wildman–Crippen LogP) is 3.87.